The van der Waals surface area contributed by atoms with Gasteiger partial charge in [-0.2, -0.15) is 0 Å². The monoisotopic (exact) mass is 256 g/mol. The van der Waals surface area contributed by atoms with Gasteiger partial charge in [0, 0.05) is 11.1 Å². The molecule has 2 aromatic carbocycles. The molecule has 19 heavy (non-hydrogen) atoms. The third-order valence-corrected chi connectivity index (χ3v) is 3.23. The maximum absolute atomic E-state index is 14.1. The number of carbonyl (C=O) groups is 1. The average molecular weight is 256 g/mol. The molecule has 0 bridgehead atoms. The molecule has 0 saturated heterocycles. The van der Waals surface area contributed by atoms with E-state index >= 15 is 0 Å². The van der Waals surface area contributed by atoms with Crippen molar-refractivity contribution < 1.29 is 9.18 Å². The van der Waals surface area contributed by atoms with Crippen LogP contribution in [0.2, 0.25) is 0 Å². The van der Waals surface area contributed by atoms with Gasteiger partial charge in [-0.1, -0.05) is 44.2 Å². The number of hydrogen-bond acceptors (Lipinski definition) is 1. The van der Waals surface area contributed by atoms with Crippen molar-refractivity contribution in [1.29, 1.82) is 0 Å². The highest BCUT2D eigenvalue weighted by molar-refractivity contribution is 5.95. The van der Waals surface area contributed by atoms with Gasteiger partial charge >= 0.3 is 0 Å². The molecule has 2 aromatic rings. The van der Waals surface area contributed by atoms with Crippen LogP contribution in [-0.4, -0.2) is 5.78 Å². The van der Waals surface area contributed by atoms with Crippen LogP contribution in [0.3, 0.4) is 0 Å². The summed E-state index contributed by atoms with van der Waals surface area (Å²) in [4.78, 5) is 11.4. The Bertz CT molecular complexity index is 614. The zero-order chi connectivity index (χ0) is 14.0. The van der Waals surface area contributed by atoms with Crippen LogP contribution in [0.5, 0.6) is 0 Å². The molecule has 0 aliphatic heterocycles. The van der Waals surface area contributed by atoms with Gasteiger partial charge in [-0.05, 0) is 36.1 Å². The lowest BCUT2D eigenvalue weighted by molar-refractivity contribution is 0.101. The first kappa shape index (κ1) is 13.5. The third-order valence-electron chi connectivity index (χ3n) is 3.23. The Hall–Kier alpha value is -1.96. The number of Topliss-reactive ketones (excluding diaryl/α,β-unsaturated/α-hetero) is 1. The molecule has 0 fully saturated rings. The van der Waals surface area contributed by atoms with Gasteiger partial charge in [-0.25, -0.2) is 4.39 Å². The first-order chi connectivity index (χ1) is 9.00. The lowest BCUT2D eigenvalue weighted by Gasteiger charge is -2.14. The van der Waals surface area contributed by atoms with Crippen molar-refractivity contribution in [2.24, 2.45) is 0 Å². The van der Waals surface area contributed by atoms with Crippen LogP contribution in [0, 0.1) is 5.82 Å². The number of benzene rings is 2. The van der Waals surface area contributed by atoms with Crippen molar-refractivity contribution in [1.82, 2.24) is 0 Å². The van der Waals surface area contributed by atoms with Crippen molar-refractivity contribution in [2.75, 3.05) is 0 Å². The summed E-state index contributed by atoms with van der Waals surface area (Å²) in [5.74, 6) is -0.0251. The summed E-state index contributed by atoms with van der Waals surface area (Å²) in [6.45, 7) is 5.59. The van der Waals surface area contributed by atoms with Crippen molar-refractivity contribution in [3.05, 3.63) is 59.4 Å². The molecule has 0 aliphatic carbocycles. The molecular weight excluding hydrogens is 239 g/mol. The molecular formula is C17H17FO. The molecule has 0 aliphatic rings. The maximum atomic E-state index is 14.1. The molecule has 0 atom stereocenters. The fraction of sp³-hybridized carbons (Fsp3) is 0.235. The number of rotatable bonds is 3. The highest BCUT2D eigenvalue weighted by atomic mass is 19.1. The minimum atomic E-state index is -0.244. The number of ketones is 1. The summed E-state index contributed by atoms with van der Waals surface area (Å²) < 4.78 is 14.1. The number of halogens is 1. The van der Waals surface area contributed by atoms with E-state index in [9.17, 15) is 9.18 Å². The van der Waals surface area contributed by atoms with Crippen LogP contribution in [0.25, 0.3) is 11.1 Å². The summed E-state index contributed by atoms with van der Waals surface area (Å²) in [6.07, 6.45) is 0. The molecule has 0 spiro atoms. The molecule has 0 unspecified atom stereocenters. The van der Waals surface area contributed by atoms with Crippen LogP contribution >= 0.6 is 0 Å². The largest absolute Gasteiger partial charge is 0.295 e. The molecule has 0 N–H and O–H groups in total. The topological polar surface area (TPSA) is 17.1 Å². The predicted molar refractivity (Wildman–Crippen MR) is 75.9 cm³/mol. The van der Waals surface area contributed by atoms with E-state index < -0.39 is 0 Å². The molecule has 1 nitrogen and oxygen atoms in total. The first-order valence-electron chi connectivity index (χ1n) is 6.40. The van der Waals surface area contributed by atoms with Crippen molar-refractivity contribution in [2.45, 2.75) is 26.7 Å². The summed E-state index contributed by atoms with van der Waals surface area (Å²) >= 11 is 0. The van der Waals surface area contributed by atoms with E-state index in [0.717, 1.165) is 11.1 Å². The van der Waals surface area contributed by atoms with E-state index in [4.69, 9.17) is 0 Å². The summed E-state index contributed by atoms with van der Waals surface area (Å²) in [5, 5.41) is 0. The zero-order valence-corrected chi connectivity index (χ0v) is 11.4. The molecule has 2 heteroatoms. The van der Waals surface area contributed by atoms with E-state index in [-0.39, 0.29) is 17.5 Å². The van der Waals surface area contributed by atoms with Crippen molar-refractivity contribution in [3.63, 3.8) is 0 Å². The Labute approximate surface area is 113 Å². The zero-order valence-electron chi connectivity index (χ0n) is 11.4. The Morgan fingerprint density at radius 3 is 2.42 bits per heavy atom. The van der Waals surface area contributed by atoms with E-state index in [0.29, 0.717) is 11.1 Å². The van der Waals surface area contributed by atoms with E-state index in [1.54, 1.807) is 24.3 Å². The van der Waals surface area contributed by atoms with Crippen molar-refractivity contribution >= 4 is 5.78 Å². The highest BCUT2D eigenvalue weighted by Crippen LogP contribution is 2.32. The average Bonchev–Trinajstić information content (AvgIpc) is 2.38. The van der Waals surface area contributed by atoms with Crippen LogP contribution < -0.4 is 0 Å². The fourth-order valence-corrected chi connectivity index (χ4v) is 2.22. The molecule has 0 aromatic heterocycles. The fourth-order valence-electron chi connectivity index (χ4n) is 2.22. The second-order valence-electron chi connectivity index (χ2n) is 5.00. The molecule has 2 rings (SSSR count). The Kier molecular flexibility index (Phi) is 3.79. The van der Waals surface area contributed by atoms with Crippen LogP contribution in [0.1, 0.15) is 42.6 Å². The Morgan fingerprint density at radius 1 is 1.11 bits per heavy atom. The lowest BCUT2D eigenvalue weighted by atomic mass is 9.91. The van der Waals surface area contributed by atoms with Crippen molar-refractivity contribution in [3.8, 4) is 11.1 Å². The minimum absolute atomic E-state index is 0.00992. The van der Waals surface area contributed by atoms with E-state index in [1.165, 1.54) is 13.0 Å². The van der Waals surface area contributed by atoms with Gasteiger partial charge in [0.05, 0.1) is 0 Å². The molecule has 0 radical (unpaired) electrons. The first-order valence-corrected chi connectivity index (χ1v) is 6.40. The van der Waals surface area contributed by atoms with Gasteiger partial charge in [0.2, 0.25) is 0 Å². The summed E-state index contributed by atoms with van der Waals surface area (Å²) in [5.41, 5.74) is 2.92. The smallest absolute Gasteiger partial charge is 0.159 e. The molecule has 0 heterocycles. The van der Waals surface area contributed by atoms with Gasteiger partial charge in [-0.3, -0.25) is 4.79 Å². The van der Waals surface area contributed by atoms with E-state index in [1.807, 2.05) is 26.0 Å². The summed E-state index contributed by atoms with van der Waals surface area (Å²) in [7, 11) is 0. The van der Waals surface area contributed by atoms with Gasteiger partial charge in [-0.15, -0.1) is 0 Å². The minimum Gasteiger partial charge on any atom is -0.295 e. The third kappa shape index (κ3) is 2.73. The molecule has 0 amide bonds. The second kappa shape index (κ2) is 5.35. The Morgan fingerprint density at radius 2 is 1.79 bits per heavy atom. The normalized spacial score (nSPS) is 10.8. The lowest BCUT2D eigenvalue weighted by Crippen LogP contribution is -1.97. The molecule has 98 valence electrons. The van der Waals surface area contributed by atoms with Gasteiger partial charge in [0.25, 0.3) is 0 Å². The quantitative estimate of drug-likeness (QED) is 0.720. The van der Waals surface area contributed by atoms with Gasteiger partial charge in [0.1, 0.15) is 5.82 Å². The van der Waals surface area contributed by atoms with E-state index in [2.05, 4.69) is 0 Å². The predicted octanol–water partition coefficient (Wildman–Crippen LogP) is 4.82. The van der Waals surface area contributed by atoms with Gasteiger partial charge < -0.3 is 0 Å². The molecule has 0 saturated carbocycles. The second-order valence-corrected chi connectivity index (χ2v) is 5.00. The number of carbonyl (C=O) groups excluding carboxylic acids is 1. The maximum Gasteiger partial charge on any atom is 0.159 e. The number of hydrogen-bond donors (Lipinski definition) is 0. The van der Waals surface area contributed by atoms with Crippen LogP contribution in [0.4, 0.5) is 4.39 Å². The summed E-state index contributed by atoms with van der Waals surface area (Å²) in [6, 6.07) is 12.3. The Balaban J connectivity index is 2.64. The van der Waals surface area contributed by atoms with Crippen LogP contribution in [-0.2, 0) is 0 Å². The van der Waals surface area contributed by atoms with Crippen LogP contribution in [0.15, 0.2) is 42.5 Å². The van der Waals surface area contributed by atoms with Gasteiger partial charge in [0.15, 0.2) is 5.78 Å². The standard InChI is InChI=1S/C17H17FO/c1-11(2)15-8-5-9-16(18)17(15)14-7-4-6-13(10-14)12(3)19/h4-11H,1-3H3. The highest BCUT2D eigenvalue weighted by Gasteiger charge is 2.14. The SMILES string of the molecule is CC(=O)c1cccc(-c2c(F)cccc2C(C)C)c1.